The molecular formula is C15H35IN4O3S. The number of unbranched alkanes of at least 4 members (excludes halogenated alkanes) is 1. The predicted octanol–water partition coefficient (Wildman–Crippen LogP) is 1.65. The number of hydrogen-bond donors (Lipinski definition) is 2. The van der Waals surface area contributed by atoms with E-state index in [0.29, 0.717) is 19.5 Å². The molecule has 0 aromatic carbocycles. The standard InChI is InChI=1S/C15H34N4O3S.HI/c1-5-16-15(17-11-8-9-14-22-6-2)18-12-10-13-19(4)23(20,21)7-3;/h5-14H2,1-4H3,(H2,16,17,18);1H. The topological polar surface area (TPSA) is 83.0 Å². The first-order valence-electron chi connectivity index (χ1n) is 8.51. The third kappa shape index (κ3) is 13.2. The number of halogens is 1. The predicted molar refractivity (Wildman–Crippen MR) is 112 cm³/mol. The van der Waals surface area contributed by atoms with E-state index >= 15 is 0 Å². The molecule has 0 saturated carbocycles. The zero-order valence-corrected chi connectivity index (χ0v) is 18.7. The van der Waals surface area contributed by atoms with Crippen LogP contribution in [0.25, 0.3) is 0 Å². The second kappa shape index (κ2) is 16.3. The summed E-state index contributed by atoms with van der Waals surface area (Å²) in [5.41, 5.74) is 0. The molecule has 7 nitrogen and oxygen atoms in total. The Morgan fingerprint density at radius 2 is 1.83 bits per heavy atom. The molecule has 2 N–H and O–H groups in total. The van der Waals surface area contributed by atoms with Gasteiger partial charge >= 0.3 is 0 Å². The largest absolute Gasteiger partial charge is 0.382 e. The van der Waals surface area contributed by atoms with Crippen LogP contribution in [0.2, 0.25) is 0 Å². The van der Waals surface area contributed by atoms with Crippen molar-refractivity contribution in [2.45, 2.75) is 40.0 Å². The maximum absolute atomic E-state index is 11.6. The summed E-state index contributed by atoms with van der Waals surface area (Å²) in [6, 6.07) is 0. The minimum Gasteiger partial charge on any atom is -0.382 e. The fourth-order valence-corrected chi connectivity index (χ4v) is 2.71. The lowest BCUT2D eigenvalue weighted by atomic mass is 10.3. The van der Waals surface area contributed by atoms with Gasteiger partial charge in [-0.1, -0.05) is 0 Å². The molecule has 0 amide bonds. The monoisotopic (exact) mass is 478 g/mol. The van der Waals surface area contributed by atoms with E-state index in [4.69, 9.17) is 4.74 Å². The van der Waals surface area contributed by atoms with E-state index in [-0.39, 0.29) is 29.7 Å². The summed E-state index contributed by atoms with van der Waals surface area (Å²) in [5.74, 6) is 0.920. The molecule has 0 rings (SSSR count). The lowest BCUT2D eigenvalue weighted by Crippen LogP contribution is -2.38. The summed E-state index contributed by atoms with van der Waals surface area (Å²) in [6.07, 6.45) is 2.76. The van der Waals surface area contributed by atoms with E-state index in [1.165, 1.54) is 4.31 Å². The minimum absolute atomic E-state index is 0. The second-order valence-corrected chi connectivity index (χ2v) is 7.53. The van der Waals surface area contributed by atoms with Gasteiger partial charge in [0.05, 0.1) is 5.75 Å². The molecule has 0 unspecified atom stereocenters. The third-order valence-corrected chi connectivity index (χ3v) is 5.16. The molecule has 0 aliphatic rings. The van der Waals surface area contributed by atoms with E-state index in [1.807, 2.05) is 13.8 Å². The Morgan fingerprint density at radius 3 is 2.42 bits per heavy atom. The van der Waals surface area contributed by atoms with Crippen LogP contribution < -0.4 is 10.6 Å². The summed E-state index contributed by atoms with van der Waals surface area (Å²) in [7, 11) is -1.48. The highest BCUT2D eigenvalue weighted by Crippen LogP contribution is 1.99. The summed E-state index contributed by atoms with van der Waals surface area (Å²) in [5, 5.41) is 6.47. The molecule has 0 spiro atoms. The van der Waals surface area contributed by atoms with Crippen molar-refractivity contribution in [1.29, 1.82) is 0 Å². The lowest BCUT2D eigenvalue weighted by molar-refractivity contribution is 0.143. The number of rotatable bonds is 13. The van der Waals surface area contributed by atoms with Crippen molar-refractivity contribution >= 4 is 40.0 Å². The van der Waals surface area contributed by atoms with Gasteiger partial charge in [0.1, 0.15) is 0 Å². The van der Waals surface area contributed by atoms with Crippen molar-refractivity contribution in [3.63, 3.8) is 0 Å². The van der Waals surface area contributed by atoms with Gasteiger partial charge in [0.15, 0.2) is 5.96 Å². The number of sulfonamides is 1. The van der Waals surface area contributed by atoms with Gasteiger partial charge in [-0.25, -0.2) is 12.7 Å². The lowest BCUT2D eigenvalue weighted by Gasteiger charge is -2.15. The van der Waals surface area contributed by atoms with Gasteiger partial charge in [-0.2, -0.15) is 0 Å². The average Bonchev–Trinajstić information content (AvgIpc) is 2.54. The van der Waals surface area contributed by atoms with Crippen molar-refractivity contribution in [2.24, 2.45) is 4.99 Å². The maximum Gasteiger partial charge on any atom is 0.213 e. The van der Waals surface area contributed by atoms with Crippen LogP contribution in [0, 0.1) is 0 Å². The second-order valence-electron chi connectivity index (χ2n) is 5.17. The van der Waals surface area contributed by atoms with Crippen LogP contribution in [0.5, 0.6) is 0 Å². The van der Waals surface area contributed by atoms with Crippen molar-refractivity contribution in [2.75, 3.05) is 52.2 Å². The third-order valence-electron chi connectivity index (χ3n) is 3.30. The van der Waals surface area contributed by atoms with E-state index in [9.17, 15) is 8.42 Å². The number of aliphatic imine (C=N–C) groups is 1. The van der Waals surface area contributed by atoms with Gasteiger partial charge < -0.3 is 15.4 Å². The first-order chi connectivity index (χ1) is 11.0. The van der Waals surface area contributed by atoms with E-state index < -0.39 is 10.0 Å². The fourth-order valence-electron chi connectivity index (χ4n) is 1.87. The highest BCUT2D eigenvalue weighted by molar-refractivity contribution is 14.0. The fraction of sp³-hybridized carbons (Fsp3) is 0.933. The Morgan fingerprint density at radius 1 is 1.12 bits per heavy atom. The zero-order valence-electron chi connectivity index (χ0n) is 15.5. The Balaban J connectivity index is 0. The van der Waals surface area contributed by atoms with Gasteiger partial charge in [-0.3, -0.25) is 4.99 Å². The van der Waals surface area contributed by atoms with Crippen LogP contribution in [0.15, 0.2) is 4.99 Å². The maximum atomic E-state index is 11.6. The Labute approximate surface area is 165 Å². The van der Waals surface area contributed by atoms with Crippen LogP contribution in [0.1, 0.15) is 40.0 Å². The molecule has 0 atom stereocenters. The summed E-state index contributed by atoms with van der Waals surface area (Å²) in [6.45, 7) is 9.97. The summed E-state index contributed by atoms with van der Waals surface area (Å²) in [4.78, 5) is 4.47. The molecule has 24 heavy (non-hydrogen) atoms. The average molecular weight is 478 g/mol. The Hall–Kier alpha value is -0.130. The smallest absolute Gasteiger partial charge is 0.213 e. The van der Waals surface area contributed by atoms with Gasteiger partial charge in [0.25, 0.3) is 0 Å². The van der Waals surface area contributed by atoms with Crippen LogP contribution in [0.4, 0.5) is 0 Å². The minimum atomic E-state index is -3.09. The number of ether oxygens (including phenoxy) is 1. The highest BCUT2D eigenvalue weighted by atomic mass is 127. The van der Waals surface area contributed by atoms with Crippen molar-refractivity contribution in [1.82, 2.24) is 14.9 Å². The SMILES string of the molecule is CCNC(=NCCCN(C)S(=O)(=O)CC)NCCCCOCC.I. The molecule has 0 aromatic rings. The first kappa shape index (κ1) is 26.1. The van der Waals surface area contributed by atoms with Gasteiger partial charge in [-0.15, -0.1) is 24.0 Å². The van der Waals surface area contributed by atoms with Crippen molar-refractivity contribution in [3.8, 4) is 0 Å². The molecule has 0 aromatic heterocycles. The number of hydrogen-bond acceptors (Lipinski definition) is 4. The molecule has 0 aliphatic heterocycles. The molecule has 9 heteroatoms. The quantitative estimate of drug-likeness (QED) is 0.182. The van der Waals surface area contributed by atoms with E-state index in [1.54, 1.807) is 14.0 Å². The zero-order chi connectivity index (χ0) is 17.6. The van der Waals surface area contributed by atoms with Crippen LogP contribution in [-0.2, 0) is 14.8 Å². The Bertz CT molecular complexity index is 419. The Kier molecular flexibility index (Phi) is 17.8. The normalized spacial score (nSPS) is 12.1. The van der Waals surface area contributed by atoms with Crippen LogP contribution in [-0.4, -0.2) is 70.9 Å². The molecule has 0 heterocycles. The van der Waals surface area contributed by atoms with E-state index in [2.05, 4.69) is 15.6 Å². The number of nitrogens with zero attached hydrogens (tertiary/aromatic N) is 2. The van der Waals surface area contributed by atoms with Gasteiger partial charge in [0, 0.05) is 46.4 Å². The van der Waals surface area contributed by atoms with Crippen LogP contribution in [0.3, 0.4) is 0 Å². The molecular weight excluding hydrogens is 443 g/mol. The number of nitrogens with one attached hydrogen (secondary N) is 2. The summed E-state index contributed by atoms with van der Waals surface area (Å²) >= 11 is 0. The molecule has 0 fully saturated rings. The summed E-state index contributed by atoms with van der Waals surface area (Å²) < 4.78 is 30.0. The van der Waals surface area contributed by atoms with Crippen molar-refractivity contribution in [3.05, 3.63) is 0 Å². The number of guanidine groups is 1. The molecule has 0 radical (unpaired) electrons. The van der Waals surface area contributed by atoms with Gasteiger partial charge in [-0.05, 0) is 40.0 Å². The van der Waals surface area contributed by atoms with Crippen LogP contribution >= 0.6 is 24.0 Å². The molecule has 0 aliphatic carbocycles. The molecule has 0 bridgehead atoms. The van der Waals surface area contributed by atoms with Crippen molar-refractivity contribution < 1.29 is 13.2 Å². The van der Waals surface area contributed by atoms with Gasteiger partial charge in [0.2, 0.25) is 10.0 Å². The molecule has 146 valence electrons. The molecule has 0 saturated heterocycles. The van der Waals surface area contributed by atoms with E-state index in [0.717, 1.165) is 45.1 Å². The highest BCUT2D eigenvalue weighted by Gasteiger charge is 2.13. The first-order valence-corrected chi connectivity index (χ1v) is 10.1.